The zero-order valence-electron chi connectivity index (χ0n) is 11.4. The molecule has 0 saturated carbocycles. The first kappa shape index (κ1) is 13.0. The molecule has 1 aromatic rings. The monoisotopic (exact) mass is 280 g/mol. The number of aryl methyl sites for hydroxylation is 1. The summed E-state index contributed by atoms with van der Waals surface area (Å²) in [7, 11) is 1.93. The van der Waals surface area contributed by atoms with E-state index in [2.05, 4.69) is 14.9 Å². The molecule has 2 aliphatic rings. The molecule has 0 spiro atoms. The van der Waals surface area contributed by atoms with Crippen molar-refractivity contribution in [3.05, 3.63) is 10.6 Å². The van der Waals surface area contributed by atoms with Gasteiger partial charge in [-0.3, -0.25) is 4.79 Å². The largest absolute Gasteiger partial charge is 0.338 e. The van der Waals surface area contributed by atoms with E-state index in [4.69, 9.17) is 0 Å². The first-order valence-electron chi connectivity index (χ1n) is 7.03. The van der Waals surface area contributed by atoms with Gasteiger partial charge in [-0.1, -0.05) is 11.4 Å². The molecule has 5 nitrogen and oxygen atoms in total. The molecule has 19 heavy (non-hydrogen) atoms. The molecular formula is C13H20N4OS. The summed E-state index contributed by atoms with van der Waals surface area (Å²) in [6, 6.07) is 1.56. The van der Waals surface area contributed by atoms with Gasteiger partial charge in [-0.25, -0.2) is 0 Å². The van der Waals surface area contributed by atoms with E-state index in [9.17, 15) is 4.79 Å². The number of amides is 1. The molecule has 104 valence electrons. The van der Waals surface area contributed by atoms with E-state index in [1.54, 1.807) is 0 Å². The fourth-order valence-corrected chi connectivity index (χ4v) is 4.01. The maximum Gasteiger partial charge on any atom is 0.267 e. The van der Waals surface area contributed by atoms with Gasteiger partial charge in [0.1, 0.15) is 4.88 Å². The lowest BCUT2D eigenvalue weighted by Crippen LogP contribution is -2.48. The van der Waals surface area contributed by atoms with Gasteiger partial charge in [-0.05, 0) is 43.6 Å². The summed E-state index contributed by atoms with van der Waals surface area (Å²) >= 11 is 1.22. The molecule has 2 unspecified atom stereocenters. The van der Waals surface area contributed by atoms with E-state index >= 15 is 0 Å². The van der Waals surface area contributed by atoms with Gasteiger partial charge in [0.25, 0.3) is 5.91 Å². The summed E-state index contributed by atoms with van der Waals surface area (Å²) in [5.41, 5.74) is 0.832. The van der Waals surface area contributed by atoms with Crippen LogP contribution in [0.2, 0.25) is 0 Å². The number of aromatic nitrogens is 2. The van der Waals surface area contributed by atoms with Crippen molar-refractivity contribution in [3.8, 4) is 0 Å². The number of piperidine rings is 1. The van der Waals surface area contributed by atoms with E-state index in [0.717, 1.165) is 29.8 Å². The van der Waals surface area contributed by atoms with Gasteiger partial charge in [-0.15, -0.1) is 5.10 Å². The van der Waals surface area contributed by atoms with Gasteiger partial charge in [0.05, 0.1) is 5.69 Å². The van der Waals surface area contributed by atoms with E-state index in [-0.39, 0.29) is 5.91 Å². The summed E-state index contributed by atoms with van der Waals surface area (Å²) in [6.07, 6.45) is 5.43. The van der Waals surface area contributed by atoms with Crippen molar-refractivity contribution in [2.75, 3.05) is 7.05 Å². The summed E-state index contributed by atoms with van der Waals surface area (Å²) in [4.78, 5) is 15.2. The lowest BCUT2D eigenvalue weighted by molar-refractivity contribution is 0.0685. The van der Waals surface area contributed by atoms with Gasteiger partial charge < -0.3 is 10.2 Å². The second-order valence-electron chi connectivity index (χ2n) is 5.58. The minimum Gasteiger partial charge on any atom is -0.338 e. The molecule has 0 radical (unpaired) electrons. The highest BCUT2D eigenvalue weighted by atomic mass is 32.1. The summed E-state index contributed by atoms with van der Waals surface area (Å²) < 4.78 is 3.92. The molecule has 2 bridgehead atoms. The predicted octanol–water partition coefficient (Wildman–Crippen LogP) is 1.46. The Kier molecular flexibility index (Phi) is 3.54. The lowest BCUT2D eigenvalue weighted by atomic mass is 9.98. The van der Waals surface area contributed by atoms with Gasteiger partial charge in [0, 0.05) is 25.2 Å². The number of hydrogen-bond donors (Lipinski definition) is 1. The number of fused-ring (bicyclic) bond motifs is 2. The van der Waals surface area contributed by atoms with Crippen molar-refractivity contribution < 1.29 is 4.79 Å². The zero-order valence-corrected chi connectivity index (χ0v) is 12.2. The van der Waals surface area contributed by atoms with Crippen molar-refractivity contribution in [2.24, 2.45) is 0 Å². The Morgan fingerprint density at radius 1 is 1.42 bits per heavy atom. The zero-order chi connectivity index (χ0) is 13.4. The lowest BCUT2D eigenvalue weighted by Gasteiger charge is -2.35. The number of carbonyl (C=O) groups excluding carboxylic acids is 1. The van der Waals surface area contributed by atoms with Gasteiger partial charge in [0.15, 0.2) is 0 Å². The van der Waals surface area contributed by atoms with Crippen LogP contribution in [0.25, 0.3) is 0 Å². The highest BCUT2D eigenvalue weighted by Gasteiger charge is 2.37. The predicted molar refractivity (Wildman–Crippen MR) is 74.3 cm³/mol. The van der Waals surface area contributed by atoms with Crippen LogP contribution in [0.4, 0.5) is 0 Å². The van der Waals surface area contributed by atoms with Crippen LogP contribution < -0.4 is 5.32 Å². The number of rotatable bonds is 3. The second kappa shape index (κ2) is 5.17. The van der Waals surface area contributed by atoms with Crippen molar-refractivity contribution in [2.45, 2.75) is 57.2 Å². The second-order valence-corrected chi connectivity index (χ2v) is 6.34. The van der Waals surface area contributed by atoms with Crippen molar-refractivity contribution in [1.82, 2.24) is 19.8 Å². The third-order valence-corrected chi connectivity index (χ3v) is 5.16. The first-order chi connectivity index (χ1) is 9.19. The van der Waals surface area contributed by atoms with Crippen LogP contribution in [-0.4, -0.2) is 45.6 Å². The van der Waals surface area contributed by atoms with Crippen LogP contribution >= 0.6 is 11.5 Å². The molecule has 2 fully saturated rings. The SMILES string of the molecule is CCc1nnsc1C(=O)N(C)C1CC2CCC(C1)N2. The Balaban J connectivity index is 1.73. The van der Waals surface area contributed by atoms with Crippen LogP contribution in [-0.2, 0) is 6.42 Å². The van der Waals surface area contributed by atoms with Crippen LogP contribution in [0.15, 0.2) is 0 Å². The Morgan fingerprint density at radius 2 is 2.11 bits per heavy atom. The molecule has 2 saturated heterocycles. The Labute approximate surface area is 117 Å². The molecule has 3 rings (SSSR count). The minimum absolute atomic E-state index is 0.0955. The first-order valence-corrected chi connectivity index (χ1v) is 7.80. The standard InChI is InChI=1S/C13H20N4OS/c1-3-11-12(19-16-15-11)13(18)17(2)10-6-8-4-5-9(7-10)14-8/h8-10,14H,3-7H2,1-2H3. The minimum atomic E-state index is 0.0955. The molecule has 6 heteroatoms. The van der Waals surface area contributed by atoms with E-state index in [1.165, 1.54) is 24.4 Å². The summed E-state index contributed by atoms with van der Waals surface area (Å²) in [5.74, 6) is 0.0955. The molecule has 1 amide bonds. The maximum atomic E-state index is 12.6. The molecule has 2 atom stereocenters. The summed E-state index contributed by atoms with van der Waals surface area (Å²) in [5, 5.41) is 7.65. The Hall–Kier alpha value is -1.01. The number of nitrogens with zero attached hydrogens (tertiary/aromatic N) is 3. The smallest absolute Gasteiger partial charge is 0.267 e. The van der Waals surface area contributed by atoms with Crippen LogP contribution in [0.1, 0.15) is 48.0 Å². The van der Waals surface area contributed by atoms with Gasteiger partial charge in [-0.2, -0.15) is 0 Å². The molecule has 1 N–H and O–H groups in total. The van der Waals surface area contributed by atoms with E-state index < -0.39 is 0 Å². The number of carbonyl (C=O) groups is 1. The molecule has 2 aliphatic heterocycles. The molecular weight excluding hydrogens is 260 g/mol. The van der Waals surface area contributed by atoms with E-state index in [1.807, 2.05) is 18.9 Å². The van der Waals surface area contributed by atoms with Crippen LogP contribution in [0.5, 0.6) is 0 Å². The van der Waals surface area contributed by atoms with Crippen molar-refractivity contribution in [3.63, 3.8) is 0 Å². The normalized spacial score (nSPS) is 29.5. The van der Waals surface area contributed by atoms with Crippen molar-refractivity contribution >= 4 is 17.4 Å². The summed E-state index contributed by atoms with van der Waals surface area (Å²) in [6.45, 7) is 2.01. The number of hydrogen-bond acceptors (Lipinski definition) is 5. The third kappa shape index (κ3) is 2.39. The fourth-order valence-electron chi connectivity index (χ4n) is 3.27. The Bertz CT molecular complexity index is 463. The highest BCUT2D eigenvalue weighted by molar-refractivity contribution is 7.08. The average molecular weight is 280 g/mol. The molecule has 0 aromatic carbocycles. The topological polar surface area (TPSA) is 58.1 Å². The molecule has 3 heterocycles. The van der Waals surface area contributed by atoms with Crippen LogP contribution in [0, 0.1) is 0 Å². The molecule has 0 aliphatic carbocycles. The third-order valence-electron chi connectivity index (χ3n) is 4.40. The van der Waals surface area contributed by atoms with Gasteiger partial charge >= 0.3 is 0 Å². The van der Waals surface area contributed by atoms with Crippen molar-refractivity contribution in [1.29, 1.82) is 0 Å². The Morgan fingerprint density at radius 3 is 2.74 bits per heavy atom. The highest BCUT2D eigenvalue weighted by Crippen LogP contribution is 2.30. The van der Waals surface area contributed by atoms with Crippen LogP contribution in [0.3, 0.4) is 0 Å². The quantitative estimate of drug-likeness (QED) is 0.910. The van der Waals surface area contributed by atoms with Gasteiger partial charge in [0.2, 0.25) is 0 Å². The fraction of sp³-hybridized carbons (Fsp3) is 0.769. The molecule has 1 aromatic heterocycles. The average Bonchev–Trinajstić information content (AvgIpc) is 3.03. The number of nitrogens with one attached hydrogen (secondary N) is 1. The maximum absolute atomic E-state index is 12.6. The van der Waals surface area contributed by atoms with E-state index in [0.29, 0.717) is 18.1 Å².